The largest absolute Gasteiger partial charge is 0.416 e. The molecule has 0 bridgehead atoms. The van der Waals surface area contributed by atoms with Crippen LogP contribution in [0.25, 0.3) is 22.3 Å². The number of aryl methyl sites for hydroxylation is 1. The predicted octanol–water partition coefficient (Wildman–Crippen LogP) is 5.00. The monoisotopic (exact) mass is 391 g/mol. The van der Waals surface area contributed by atoms with E-state index in [1.807, 2.05) is 18.2 Å². The second-order valence-corrected chi connectivity index (χ2v) is 7.70. The van der Waals surface area contributed by atoms with Gasteiger partial charge in [-0.05, 0) is 52.9 Å². The highest BCUT2D eigenvalue weighted by atomic mass is 32.2. The maximum Gasteiger partial charge on any atom is 0.416 e. The van der Waals surface area contributed by atoms with E-state index in [2.05, 4.69) is 0 Å². The summed E-state index contributed by atoms with van der Waals surface area (Å²) >= 11 is 0. The Hall–Kier alpha value is -2.64. The zero-order chi connectivity index (χ0) is 19.8. The molecular formula is C20H16F3NO2S. The molecule has 0 aliphatic heterocycles. The van der Waals surface area contributed by atoms with Gasteiger partial charge in [-0.15, -0.1) is 0 Å². The quantitative estimate of drug-likeness (QED) is 0.683. The second kappa shape index (κ2) is 6.83. The Morgan fingerprint density at radius 3 is 1.81 bits per heavy atom. The maximum atomic E-state index is 13.0. The van der Waals surface area contributed by atoms with Crippen molar-refractivity contribution in [3.8, 4) is 22.3 Å². The highest BCUT2D eigenvalue weighted by molar-refractivity contribution is 7.89. The minimum atomic E-state index is -4.40. The number of sulfonamides is 1. The first-order chi connectivity index (χ1) is 12.6. The molecule has 0 aliphatic carbocycles. The normalized spacial score (nSPS) is 12.2. The molecule has 27 heavy (non-hydrogen) atoms. The molecule has 0 aliphatic rings. The van der Waals surface area contributed by atoms with Gasteiger partial charge in [-0.3, -0.25) is 0 Å². The molecule has 0 amide bonds. The van der Waals surface area contributed by atoms with Gasteiger partial charge in [-0.25, -0.2) is 13.6 Å². The van der Waals surface area contributed by atoms with Gasteiger partial charge in [0.2, 0.25) is 10.0 Å². The minimum Gasteiger partial charge on any atom is -0.225 e. The Morgan fingerprint density at radius 2 is 1.33 bits per heavy atom. The third kappa shape index (κ3) is 4.04. The summed E-state index contributed by atoms with van der Waals surface area (Å²) in [7, 11) is -3.79. The molecule has 2 N–H and O–H groups in total. The fourth-order valence-electron chi connectivity index (χ4n) is 2.96. The van der Waals surface area contributed by atoms with Crippen LogP contribution < -0.4 is 5.14 Å². The number of benzene rings is 3. The number of hydrogen-bond acceptors (Lipinski definition) is 2. The van der Waals surface area contributed by atoms with E-state index >= 15 is 0 Å². The van der Waals surface area contributed by atoms with Crippen molar-refractivity contribution in [2.45, 2.75) is 18.0 Å². The lowest BCUT2D eigenvalue weighted by Gasteiger charge is -2.14. The highest BCUT2D eigenvalue weighted by Gasteiger charge is 2.32. The molecule has 140 valence electrons. The van der Waals surface area contributed by atoms with Gasteiger partial charge in [0.15, 0.2) is 0 Å². The molecule has 0 saturated carbocycles. The van der Waals surface area contributed by atoms with Crippen LogP contribution in [-0.2, 0) is 16.2 Å². The van der Waals surface area contributed by atoms with E-state index in [4.69, 9.17) is 5.14 Å². The molecule has 0 heterocycles. The van der Waals surface area contributed by atoms with Gasteiger partial charge >= 0.3 is 6.18 Å². The van der Waals surface area contributed by atoms with Crippen molar-refractivity contribution in [2.75, 3.05) is 0 Å². The topological polar surface area (TPSA) is 60.2 Å². The number of alkyl halides is 3. The van der Waals surface area contributed by atoms with Gasteiger partial charge < -0.3 is 0 Å². The average Bonchev–Trinajstić information content (AvgIpc) is 2.60. The van der Waals surface area contributed by atoms with Crippen LogP contribution in [0.4, 0.5) is 13.2 Å². The van der Waals surface area contributed by atoms with Gasteiger partial charge in [0, 0.05) is 0 Å². The van der Waals surface area contributed by atoms with E-state index in [9.17, 15) is 21.6 Å². The molecule has 3 aromatic rings. The zero-order valence-electron chi connectivity index (χ0n) is 14.3. The van der Waals surface area contributed by atoms with E-state index < -0.39 is 21.8 Å². The Morgan fingerprint density at radius 1 is 0.815 bits per heavy atom. The molecular weight excluding hydrogens is 375 g/mol. The lowest BCUT2D eigenvalue weighted by Crippen LogP contribution is -2.11. The standard InChI is InChI=1S/C20H16F3NO2S/c1-13-12-15(8-11-19(13)20(21,22)23)18-5-3-2-4-17(18)14-6-9-16(10-7-14)27(24,25)26/h2-12H,1H3,(H2,24,25,26). The van der Waals surface area contributed by atoms with Crippen molar-refractivity contribution in [2.24, 2.45) is 5.14 Å². The van der Waals surface area contributed by atoms with Crippen molar-refractivity contribution < 1.29 is 21.6 Å². The summed E-state index contributed by atoms with van der Waals surface area (Å²) < 4.78 is 61.8. The maximum absolute atomic E-state index is 13.0. The van der Waals surface area contributed by atoms with Gasteiger partial charge in [-0.2, -0.15) is 13.2 Å². The highest BCUT2D eigenvalue weighted by Crippen LogP contribution is 2.37. The molecule has 3 nitrogen and oxygen atoms in total. The second-order valence-electron chi connectivity index (χ2n) is 6.14. The van der Waals surface area contributed by atoms with Crippen LogP contribution in [0.1, 0.15) is 11.1 Å². The van der Waals surface area contributed by atoms with Crippen molar-refractivity contribution in [1.82, 2.24) is 0 Å². The van der Waals surface area contributed by atoms with E-state index in [-0.39, 0.29) is 10.5 Å². The molecule has 3 rings (SSSR count). The van der Waals surface area contributed by atoms with Crippen molar-refractivity contribution in [3.63, 3.8) is 0 Å². The summed E-state index contributed by atoms with van der Waals surface area (Å²) in [5.74, 6) is 0. The smallest absolute Gasteiger partial charge is 0.225 e. The van der Waals surface area contributed by atoms with E-state index in [0.717, 1.165) is 22.8 Å². The van der Waals surface area contributed by atoms with Crippen LogP contribution in [0.2, 0.25) is 0 Å². The van der Waals surface area contributed by atoms with Gasteiger partial charge in [0.1, 0.15) is 0 Å². The van der Waals surface area contributed by atoms with Crippen LogP contribution >= 0.6 is 0 Å². The summed E-state index contributed by atoms with van der Waals surface area (Å²) in [5, 5.41) is 5.11. The van der Waals surface area contributed by atoms with E-state index in [1.54, 1.807) is 18.2 Å². The molecule has 0 fully saturated rings. The summed E-state index contributed by atoms with van der Waals surface area (Å²) in [6, 6.07) is 17.3. The van der Waals surface area contributed by atoms with Crippen molar-refractivity contribution >= 4 is 10.0 Å². The zero-order valence-corrected chi connectivity index (χ0v) is 15.1. The molecule has 0 saturated heterocycles. The third-order valence-corrected chi connectivity index (χ3v) is 5.19. The van der Waals surface area contributed by atoms with Crippen molar-refractivity contribution in [3.05, 3.63) is 77.9 Å². The molecule has 0 unspecified atom stereocenters. The SMILES string of the molecule is Cc1cc(-c2ccccc2-c2ccc(S(N)(=O)=O)cc2)ccc1C(F)(F)F. The lowest BCUT2D eigenvalue weighted by atomic mass is 9.92. The number of rotatable bonds is 3. The molecule has 0 aromatic heterocycles. The van der Waals surface area contributed by atoms with E-state index in [0.29, 0.717) is 5.56 Å². The molecule has 0 atom stereocenters. The van der Waals surface area contributed by atoms with Gasteiger partial charge in [0.05, 0.1) is 10.5 Å². The molecule has 0 spiro atoms. The van der Waals surface area contributed by atoms with Gasteiger partial charge in [0.25, 0.3) is 0 Å². The summed E-state index contributed by atoms with van der Waals surface area (Å²) in [4.78, 5) is -0.00546. The van der Waals surface area contributed by atoms with Crippen LogP contribution in [0, 0.1) is 6.92 Å². The first-order valence-corrected chi connectivity index (χ1v) is 9.52. The van der Waals surface area contributed by atoms with Crippen LogP contribution in [0.3, 0.4) is 0 Å². The summed E-state index contributed by atoms with van der Waals surface area (Å²) in [5.41, 5.74) is 2.37. The number of nitrogens with two attached hydrogens (primary N) is 1. The number of hydrogen-bond donors (Lipinski definition) is 1. The fraction of sp³-hybridized carbons (Fsp3) is 0.100. The number of primary sulfonamides is 1. The van der Waals surface area contributed by atoms with Crippen LogP contribution in [0.5, 0.6) is 0 Å². The summed E-state index contributed by atoms with van der Waals surface area (Å²) in [6.45, 7) is 1.43. The van der Waals surface area contributed by atoms with Gasteiger partial charge in [-0.1, -0.05) is 48.5 Å². The number of halogens is 3. The van der Waals surface area contributed by atoms with Crippen molar-refractivity contribution in [1.29, 1.82) is 0 Å². The molecule has 3 aromatic carbocycles. The Labute approximate surface area is 155 Å². The average molecular weight is 391 g/mol. The summed E-state index contributed by atoms with van der Waals surface area (Å²) in [6.07, 6.45) is -4.40. The first-order valence-electron chi connectivity index (χ1n) is 7.98. The third-order valence-electron chi connectivity index (χ3n) is 4.26. The van der Waals surface area contributed by atoms with E-state index in [1.165, 1.54) is 31.2 Å². The Balaban J connectivity index is 2.09. The predicted molar refractivity (Wildman–Crippen MR) is 98.4 cm³/mol. The fourth-order valence-corrected chi connectivity index (χ4v) is 3.48. The Kier molecular flexibility index (Phi) is 4.84. The first kappa shape index (κ1) is 19.1. The van der Waals surface area contributed by atoms with Crippen LogP contribution in [-0.4, -0.2) is 8.42 Å². The van der Waals surface area contributed by atoms with Crippen LogP contribution in [0.15, 0.2) is 71.6 Å². The molecule has 7 heteroatoms. The lowest BCUT2D eigenvalue weighted by molar-refractivity contribution is -0.138. The Bertz CT molecular complexity index is 1090. The minimum absolute atomic E-state index is 0.00546. The molecule has 0 radical (unpaired) electrons.